The van der Waals surface area contributed by atoms with Crippen molar-refractivity contribution in [3.05, 3.63) is 18.2 Å². The number of benzene rings is 1. The number of anilines is 2. The first-order chi connectivity index (χ1) is 6.59. The minimum absolute atomic E-state index is 0. The van der Waals surface area contributed by atoms with Crippen LogP contribution in [-0.4, -0.2) is 11.7 Å². The van der Waals surface area contributed by atoms with Crippen LogP contribution in [0.3, 0.4) is 0 Å². The molecule has 3 nitrogen and oxygen atoms in total. The fourth-order valence-electron chi connectivity index (χ4n) is 1.19. The number of aromatic hydroxyl groups is 1. The van der Waals surface area contributed by atoms with Gasteiger partial charge in [0.2, 0.25) is 0 Å². The third-order valence-corrected chi connectivity index (χ3v) is 2.06. The number of phenols is 1. The highest BCUT2D eigenvalue weighted by molar-refractivity contribution is 5.85. The van der Waals surface area contributed by atoms with E-state index in [1.54, 1.807) is 18.2 Å². The molecule has 4 N–H and O–H groups in total. The van der Waals surface area contributed by atoms with Crippen LogP contribution in [0.2, 0.25) is 0 Å². The summed E-state index contributed by atoms with van der Waals surface area (Å²) in [5.41, 5.74) is 6.98. The Bertz CT molecular complexity index is 306. The Hall–Kier alpha value is -0.800. The third kappa shape index (κ3) is 5.93. The van der Waals surface area contributed by atoms with Gasteiger partial charge in [-0.15, -0.1) is 24.8 Å². The van der Waals surface area contributed by atoms with Crippen LogP contribution >= 0.6 is 24.8 Å². The molecule has 0 amide bonds. The van der Waals surface area contributed by atoms with Gasteiger partial charge in [-0.05, 0) is 30.5 Å². The lowest BCUT2D eigenvalue weighted by atomic mass is 10.1. The van der Waals surface area contributed by atoms with Crippen LogP contribution in [0.4, 0.5) is 11.4 Å². The van der Waals surface area contributed by atoms with Crippen LogP contribution in [0.15, 0.2) is 18.2 Å². The van der Waals surface area contributed by atoms with E-state index in [2.05, 4.69) is 19.2 Å². The first-order valence-electron chi connectivity index (χ1n) is 4.92. The van der Waals surface area contributed by atoms with Crippen molar-refractivity contribution in [3.8, 4) is 5.75 Å². The smallest absolute Gasteiger partial charge is 0.138 e. The molecule has 0 bridgehead atoms. The van der Waals surface area contributed by atoms with Gasteiger partial charge in [-0.1, -0.05) is 13.8 Å². The number of rotatable bonds is 4. The van der Waals surface area contributed by atoms with Crippen LogP contribution in [0.1, 0.15) is 20.3 Å². The van der Waals surface area contributed by atoms with Gasteiger partial charge in [0.25, 0.3) is 0 Å². The summed E-state index contributed by atoms with van der Waals surface area (Å²) in [5.74, 6) is 0.911. The minimum Gasteiger partial charge on any atom is -0.506 e. The van der Waals surface area contributed by atoms with E-state index in [0.717, 1.165) is 13.0 Å². The van der Waals surface area contributed by atoms with Crippen molar-refractivity contribution in [1.29, 1.82) is 0 Å². The predicted molar refractivity (Wildman–Crippen MR) is 75.0 cm³/mol. The number of nitrogen functional groups attached to an aromatic ring is 1. The van der Waals surface area contributed by atoms with E-state index in [0.29, 0.717) is 17.3 Å². The molecule has 5 heteroatoms. The number of phenolic OH excluding ortho intramolecular Hbond substituents is 1. The first kappa shape index (κ1) is 17.6. The molecular formula is C11H20Cl2N2O. The van der Waals surface area contributed by atoms with E-state index in [4.69, 9.17) is 5.73 Å². The predicted octanol–water partition coefficient (Wildman–Crippen LogP) is 3.28. The molecule has 0 aliphatic carbocycles. The second-order valence-electron chi connectivity index (χ2n) is 3.89. The number of halogens is 2. The van der Waals surface area contributed by atoms with Crippen molar-refractivity contribution in [2.24, 2.45) is 5.92 Å². The monoisotopic (exact) mass is 266 g/mol. The highest BCUT2D eigenvalue weighted by Crippen LogP contribution is 2.25. The molecule has 1 aromatic rings. The Morgan fingerprint density at radius 3 is 2.50 bits per heavy atom. The zero-order valence-electron chi connectivity index (χ0n) is 9.56. The molecule has 0 aliphatic heterocycles. The fraction of sp³-hybridized carbons (Fsp3) is 0.455. The summed E-state index contributed by atoms with van der Waals surface area (Å²) < 4.78 is 0. The first-order valence-corrected chi connectivity index (χ1v) is 4.92. The van der Waals surface area contributed by atoms with E-state index >= 15 is 0 Å². The van der Waals surface area contributed by atoms with Gasteiger partial charge in [-0.2, -0.15) is 0 Å². The van der Waals surface area contributed by atoms with Crippen molar-refractivity contribution in [2.75, 3.05) is 17.6 Å². The zero-order valence-corrected chi connectivity index (χ0v) is 11.2. The van der Waals surface area contributed by atoms with E-state index in [-0.39, 0.29) is 30.6 Å². The van der Waals surface area contributed by atoms with E-state index in [9.17, 15) is 5.11 Å². The van der Waals surface area contributed by atoms with E-state index in [1.807, 2.05) is 0 Å². The molecule has 0 saturated carbocycles. The van der Waals surface area contributed by atoms with Crippen LogP contribution in [-0.2, 0) is 0 Å². The molecule has 0 unspecified atom stereocenters. The Morgan fingerprint density at radius 2 is 1.94 bits per heavy atom. The molecule has 0 atom stereocenters. The normalized spacial score (nSPS) is 9.19. The average molecular weight is 267 g/mol. The second-order valence-corrected chi connectivity index (χ2v) is 3.89. The molecule has 0 saturated heterocycles. The molecule has 1 rings (SSSR count). The summed E-state index contributed by atoms with van der Waals surface area (Å²) in [6.45, 7) is 5.19. The van der Waals surface area contributed by atoms with Gasteiger partial charge in [-0.25, -0.2) is 0 Å². The second kappa shape index (κ2) is 8.36. The highest BCUT2D eigenvalue weighted by atomic mass is 35.5. The fourth-order valence-corrected chi connectivity index (χ4v) is 1.19. The SMILES string of the molecule is CC(C)CCNc1cc(N)ccc1O.Cl.Cl. The van der Waals surface area contributed by atoms with Crippen LogP contribution in [0, 0.1) is 5.92 Å². The van der Waals surface area contributed by atoms with Gasteiger partial charge in [0.1, 0.15) is 5.75 Å². The molecule has 1 aromatic carbocycles. The maximum Gasteiger partial charge on any atom is 0.138 e. The Morgan fingerprint density at radius 1 is 1.31 bits per heavy atom. The van der Waals surface area contributed by atoms with Crippen molar-refractivity contribution in [3.63, 3.8) is 0 Å². The lowest BCUT2D eigenvalue weighted by Gasteiger charge is -2.10. The largest absolute Gasteiger partial charge is 0.506 e. The molecular weight excluding hydrogens is 247 g/mol. The molecule has 0 aromatic heterocycles. The molecule has 0 heterocycles. The molecule has 0 aliphatic rings. The summed E-state index contributed by atoms with van der Waals surface area (Å²) >= 11 is 0. The molecule has 0 spiro atoms. The number of hydrogen-bond acceptors (Lipinski definition) is 3. The van der Waals surface area contributed by atoms with Gasteiger partial charge in [0, 0.05) is 12.2 Å². The summed E-state index contributed by atoms with van der Waals surface area (Å²) in [5, 5.41) is 12.6. The standard InChI is InChI=1S/C11H18N2O.2ClH/c1-8(2)5-6-13-10-7-9(12)3-4-11(10)14;;/h3-4,7-8,13-14H,5-6,12H2,1-2H3;2*1H. The van der Waals surface area contributed by atoms with Crippen LogP contribution in [0.25, 0.3) is 0 Å². The van der Waals surface area contributed by atoms with Crippen molar-refractivity contribution in [2.45, 2.75) is 20.3 Å². The van der Waals surface area contributed by atoms with Crippen molar-refractivity contribution >= 4 is 36.2 Å². The lowest BCUT2D eigenvalue weighted by molar-refractivity contribution is 0.477. The molecule has 16 heavy (non-hydrogen) atoms. The Kier molecular flexibility index (Phi) is 9.19. The summed E-state index contributed by atoms with van der Waals surface area (Å²) in [6, 6.07) is 5.03. The lowest BCUT2D eigenvalue weighted by Crippen LogP contribution is -2.05. The van der Waals surface area contributed by atoms with Gasteiger partial charge in [0.15, 0.2) is 0 Å². The van der Waals surface area contributed by atoms with Gasteiger partial charge >= 0.3 is 0 Å². The maximum atomic E-state index is 9.48. The highest BCUT2D eigenvalue weighted by Gasteiger charge is 2.00. The average Bonchev–Trinajstić information content (AvgIpc) is 2.10. The van der Waals surface area contributed by atoms with Crippen molar-refractivity contribution in [1.82, 2.24) is 0 Å². The van der Waals surface area contributed by atoms with E-state index in [1.165, 1.54) is 0 Å². The topological polar surface area (TPSA) is 58.3 Å². The number of nitrogens with one attached hydrogen (secondary N) is 1. The quantitative estimate of drug-likeness (QED) is 0.446. The molecule has 94 valence electrons. The maximum absolute atomic E-state index is 9.48. The van der Waals surface area contributed by atoms with E-state index < -0.39 is 0 Å². The van der Waals surface area contributed by atoms with Gasteiger partial charge < -0.3 is 16.2 Å². The molecule has 0 radical (unpaired) electrons. The zero-order chi connectivity index (χ0) is 10.6. The Labute approximate surface area is 109 Å². The summed E-state index contributed by atoms with van der Waals surface area (Å²) in [6.07, 6.45) is 1.08. The van der Waals surface area contributed by atoms with Gasteiger partial charge in [0.05, 0.1) is 5.69 Å². The van der Waals surface area contributed by atoms with Crippen molar-refractivity contribution < 1.29 is 5.11 Å². The third-order valence-electron chi connectivity index (χ3n) is 2.06. The summed E-state index contributed by atoms with van der Waals surface area (Å²) in [7, 11) is 0. The van der Waals surface area contributed by atoms with Gasteiger partial charge in [-0.3, -0.25) is 0 Å². The number of hydrogen-bond donors (Lipinski definition) is 3. The Balaban J connectivity index is 0. The minimum atomic E-state index is 0. The molecule has 0 fully saturated rings. The van der Waals surface area contributed by atoms with Crippen LogP contribution < -0.4 is 11.1 Å². The number of nitrogens with two attached hydrogens (primary N) is 1. The summed E-state index contributed by atoms with van der Waals surface area (Å²) in [4.78, 5) is 0. The van der Waals surface area contributed by atoms with Crippen LogP contribution in [0.5, 0.6) is 5.75 Å².